The fourth-order valence-electron chi connectivity index (χ4n) is 2.05. The zero-order valence-corrected chi connectivity index (χ0v) is 9.78. The highest BCUT2D eigenvalue weighted by molar-refractivity contribution is 5.67. The number of benzene rings is 1. The first-order valence-electron chi connectivity index (χ1n) is 5.23. The maximum atomic E-state index is 5.53. The second-order valence-electron chi connectivity index (χ2n) is 4.10. The summed E-state index contributed by atoms with van der Waals surface area (Å²) >= 11 is 0. The largest absolute Gasteiger partial charge is 0.382 e. The predicted octanol–water partition coefficient (Wildman–Crippen LogP) is 2.65. The first-order chi connectivity index (χ1) is 7.58. The van der Waals surface area contributed by atoms with Crippen LogP contribution in [0.15, 0.2) is 24.5 Å². The lowest BCUT2D eigenvalue weighted by Crippen LogP contribution is -1.96. The molecule has 1 aromatic heterocycles. The lowest BCUT2D eigenvalue weighted by Gasteiger charge is -2.10. The van der Waals surface area contributed by atoms with Crippen molar-refractivity contribution in [1.29, 1.82) is 0 Å². The van der Waals surface area contributed by atoms with Crippen LogP contribution in [-0.4, -0.2) is 9.97 Å². The molecule has 0 radical (unpaired) electrons. The minimum atomic E-state index is 0.450. The van der Waals surface area contributed by atoms with E-state index in [4.69, 9.17) is 5.73 Å². The molecular formula is C13H15N3. The van der Waals surface area contributed by atoms with Crippen LogP contribution in [-0.2, 0) is 0 Å². The van der Waals surface area contributed by atoms with Crippen molar-refractivity contribution >= 4 is 5.82 Å². The molecule has 82 valence electrons. The van der Waals surface area contributed by atoms with Crippen molar-refractivity contribution in [3.05, 3.63) is 41.2 Å². The fraction of sp³-hybridized carbons (Fsp3) is 0.231. The van der Waals surface area contributed by atoms with Gasteiger partial charge in [0, 0.05) is 5.56 Å². The van der Waals surface area contributed by atoms with Gasteiger partial charge >= 0.3 is 0 Å². The smallest absolute Gasteiger partial charge is 0.141 e. The number of anilines is 1. The fourth-order valence-corrected chi connectivity index (χ4v) is 2.05. The van der Waals surface area contributed by atoms with Gasteiger partial charge in [-0.25, -0.2) is 4.98 Å². The third-order valence-electron chi connectivity index (χ3n) is 2.60. The summed E-state index contributed by atoms with van der Waals surface area (Å²) in [5.74, 6) is 0.450. The molecule has 0 bridgehead atoms. The molecule has 0 unspecified atom stereocenters. The third kappa shape index (κ3) is 1.89. The summed E-state index contributed by atoms with van der Waals surface area (Å²) in [6.45, 7) is 6.28. The van der Waals surface area contributed by atoms with E-state index in [0.29, 0.717) is 5.82 Å². The summed E-state index contributed by atoms with van der Waals surface area (Å²) in [7, 11) is 0. The molecule has 0 aliphatic heterocycles. The number of nitrogen functional groups attached to an aromatic ring is 1. The average Bonchev–Trinajstić information content (AvgIpc) is 2.19. The Hall–Kier alpha value is -1.90. The normalized spacial score (nSPS) is 10.4. The minimum Gasteiger partial charge on any atom is -0.382 e. The molecule has 0 amide bonds. The second-order valence-corrected chi connectivity index (χ2v) is 4.10. The zero-order valence-electron chi connectivity index (χ0n) is 9.78. The quantitative estimate of drug-likeness (QED) is 0.792. The number of rotatable bonds is 1. The van der Waals surface area contributed by atoms with Gasteiger partial charge in [-0.2, -0.15) is 0 Å². The first kappa shape index (κ1) is 10.6. The maximum Gasteiger partial charge on any atom is 0.141 e. The van der Waals surface area contributed by atoms with E-state index < -0.39 is 0 Å². The van der Waals surface area contributed by atoms with E-state index in [9.17, 15) is 0 Å². The van der Waals surface area contributed by atoms with Gasteiger partial charge in [0.15, 0.2) is 0 Å². The highest BCUT2D eigenvalue weighted by Gasteiger charge is 2.07. The molecule has 1 aromatic carbocycles. The summed E-state index contributed by atoms with van der Waals surface area (Å²) in [6, 6.07) is 4.31. The summed E-state index contributed by atoms with van der Waals surface area (Å²) in [5, 5.41) is 0. The van der Waals surface area contributed by atoms with Gasteiger partial charge in [-0.1, -0.05) is 17.7 Å². The van der Waals surface area contributed by atoms with E-state index in [-0.39, 0.29) is 0 Å². The number of hydrogen-bond acceptors (Lipinski definition) is 3. The van der Waals surface area contributed by atoms with Gasteiger partial charge in [-0.3, -0.25) is 4.98 Å². The van der Waals surface area contributed by atoms with Gasteiger partial charge in [-0.05, 0) is 31.9 Å². The summed E-state index contributed by atoms with van der Waals surface area (Å²) < 4.78 is 0. The molecule has 2 aromatic rings. The molecule has 0 saturated carbocycles. The van der Waals surface area contributed by atoms with Crippen LogP contribution in [0.4, 0.5) is 5.82 Å². The Bertz CT molecular complexity index is 492. The lowest BCUT2D eigenvalue weighted by atomic mass is 9.98. The summed E-state index contributed by atoms with van der Waals surface area (Å²) in [6.07, 6.45) is 3.31. The van der Waals surface area contributed by atoms with Crippen molar-refractivity contribution in [2.45, 2.75) is 20.8 Å². The van der Waals surface area contributed by atoms with Gasteiger partial charge in [0.05, 0.1) is 18.1 Å². The summed E-state index contributed by atoms with van der Waals surface area (Å²) in [5.41, 5.74) is 11.3. The van der Waals surface area contributed by atoms with Crippen molar-refractivity contribution < 1.29 is 0 Å². The predicted molar refractivity (Wildman–Crippen MR) is 66.1 cm³/mol. The SMILES string of the molecule is Cc1cc(C)c(-c2cnc(N)cn2)c(C)c1. The van der Waals surface area contributed by atoms with Crippen molar-refractivity contribution in [3.63, 3.8) is 0 Å². The van der Waals surface area contributed by atoms with Crippen LogP contribution in [0.5, 0.6) is 0 Å². The minimum absolute atomic E-state index is 0.450. The van der Waals surface area contributed by atoms with E-state index in [1.807, 2.05) is 0 Å². The molecule has 0 fully saturated rings. The lowest BCUT2D eigenvalue weighted by molar-refractivity contribution is 1.19. The van der Waals surface area contributed by atoms with Crippen LogP contribution in [0.2, 0.25) is 0 Å². The molecular weight excluding hydrogens is 198 g/mol. The average molecular weight is 213 g/mol. The monoisotopic (exact) mass is 213 g/mol. The Morgan fingerprint density at radius 1 is 0.938 bits per heavy atom. The van der Waals surface area contributed by atoms with E-state index in [0.717, 1.165) is 11.3 Å². The topological polar surface area (TPSA) is 51.8 Å². The molecule has 0 aliphatic rings. The van der Waals surface area contributed by atoms with Gasteiger partial charge in [-0.15, -0.1) is 0 Å². The highest BCUT2D eigenvalue weighted by atomic mass is 14.9. The van der Waals surface area contributed by atoms with Crippen molar-refractivity contribution in [3.8, 4) is 11.3 Å². The zero-order chi connectivity index (χ0) is 11.7. The van der Waals surface area contributed by atoms with Crippen LogP contribution < -0.4 is 5.73 Å². The van der Waals surface area contributed by atoms with Crippen LogP contribution in [0.25, 0.3) is 11.3 Å². The molecule has 2 rings (SSSR count). The van der Waals surface area contributed by atoms with Gasteiger partial charge in [0.1, 0.15) is 5.82 Å². The molecule has 2 N–H and O–H groups in total. The molecule has 1 heterocycles. The van der Waals surface area contributed by atoms with Gasteiger partial charge < -0.3 is 5.73 Å². The molecule has 0 saturated heterocycles. The van der Waals surface area contributed by atoms with Crippen LogP contribution in [0.3, 0.4) is 0 Å². The standard InChI is InChI=1S/C13H15N3/c1-8-4-9(2)13(10(3)5-8)11-6-16-12(14)7-15-11/h4-7H,1-3H3,(H2,14,16). The van der Waals surface area contributed by atoms with Gasteiger partial charge in [0.2, 0.25) is 0 Å². The highest BCUT2D eigenvalue weighted by Crippen LogP contribution is 2.26. The molecule has 16 heavy (non-hydrogen) atoms. The van der Waals surface area contributed by atoms with Gasteiger partial charge in [0.25, 0.3) is 0 Å². The Morgan fingerprint density at radius 2 is 1.56 bits per heavy atom. The van der Waals surface area contributed by atoms with Crippen molar-refractivity contribution in [2.24, 2.45) is 0 Å². The Morgan fingerprint density at radius 3 is 2.06 bits per heavy atom. The maximum absolute atomic E-state index is 5.53. The molecule has 0 spiro atoms. The van der Waals surface area contributed by atoms with E-state index in [1.165, 1.54) is 16.7 Å². The third-order valence-corrected chi connectivity index (χ3v) is 2.60. The number of nitrogens with two attached hydrogens (primary N) is 1. The molecule has 3 heteroatoms. The van der Waals surface area contributed by atoms with E-state index >= 15 is 0 Å². The van der Waals surface area contributed by atoms with Crippen LogP contribution in [0, 0.1) is 20.8 Å². The van der Waals surface area contributed by atoms with E-state index in [2.05, 4.69) is 42.9 Å². The van der Waals surface area contributed by atoms with Crippen molar-refractivity contribution in [1.82, 2.24) is 9.97 Å². The van der Waals surface area contributed by atoms with E-state index in [1.54, 1.807) is 12.4 Å². The molecule has 3 nitrogen and oxygen atoms in total. The first-order valence-corrected chi connectivity index (χ1v) is 5.23. The number of aromatic nitrogens is 2. The Balaban J connectivity index is 2.60. The van der Waals surface area contributed by atoms with Crippen molar-refractivity contribution in [2.75, 3.05) is 5.73 Å². The summed E-state index contributed by atoms with van der Waals surface area (Å²) in [4.78, 5) is 8.39. The Kier molecular flexibility index (Phi) is 2.60. The number of nitrogens with zero attached hydrogens (tertiary/aromatic N) is 2. The second kappa shape index (κ2) is 3.93. The van der Waals surface area contributed by atoms with Crippen LogP contribution in [0.1, 0.15) is 16.7 Å². The number of hydrogen-bond donors (Lipinski definition) is 1. The van der Waals surface area contributed by atoms with Crippen LogP contribution >= 0.6 is 0 Å². The Labute approximate surface area is 95.4 Å². The molecule has 0 atom stereocenters. The molecule has 0 aliphatic carbocycles. The number of aryl methyl sites for hydroxylation is 3.